The molecule has 0 radical (unpaired) electrons. The summed E-state index contributed by atoms with van der Waals surface area (Å²) in [4.78, 5) is 0. The molecule has 0 spiro atoms. The van der Waals surface area contributed by atoms with Gasteiger partial charge in [-0.15, -0.1) is 0 Å². The molecule has 34 heavy (non-hydrogen) atoms. The predicted molar refractivity (Wildman–Crippen MR) is 142 cm³/mol. The van der Waals surface area contributed by atoms with Gasteiger partial charge in [-0.2, -0.15) is 0 Å². The Labute approximate surface area is 201 Å². The molecule has 3 aromatic rings. The fourth-order valence-electron chi connectivity index (χ4n) is 4.89. The molecule has 1 aliphatic rings. The standard InChI is InChI=1S/C29H35FN4/c1-4-14-33-15-13-21-6-8-22(9-7-21)18-34-26-12-11-25(32)24(17-31)27(26)28(30)29(34)23-10-5-19(2)16-20(23)3/h5-12,17,19,31,33H,4,13-16,18,32H2,1-3H3. The molecule has 0 saturated carbocycles. The number of fused-ring (bicyclic) bond motifs is 1. The van der Waals surface area contributed by atoms with Crippen molar-refractivity contribution < 1.29 is 4.39 Å². The molecular weight excluding hydrogens is 423 g/mol. The third kappa shape index (κ3) is 4.71. The second-order valence-electron chi connectivity index (χ2n) is 9.41. The van der Waals surface area contributed by atoms with E-state index in [-0.39, 0.29) is 5.82 Å². The first-order valence-corrected chi connectivity index (χ1v) is 12.2. The summed E-state index contributed by atoms with van der Waals surface area (Å²) in [7, 11) is 0. The molecule has 0 fully saturated rings. The second kappa shape index (κ2) is 10.4. The van der Waals surface area contributed by atoms with Gasteiger partial charge in [0.1, 0.15) is 0 Å². The Morgan fingerprint density at radius 3 is 2.56 bits per heavy atom. The molecule has 4 rings (SSSR count). The molecular formula is C29H35FN4. The van der Waals surface area contributed by atoms with Gasteiger partial charge in [-0.1, -0.05) is 55.8 Å². The van der Waals surface area contributed by atoms with Crippen molar-refractivity contribution in [3.8, 4) is 0 Å². The molecule has 0 saturated heterocycles. The predicted octanol–water partition coefficient (Wildman–Crippen LogP) is 6.32. The molecule has 0 aliphatic heterocycles. The molecule has 1 aliphatic carbocycles. The van der Waals surface area contributed by atoms with Crippen LogP contribution in [0.4, 0.5) is 10.1 Å². The summed E-state index contributed by atoms with van der Waals surface area (Å²) < 4.78 is 18.1. The Balaban J connectivity index is 1.77. The smallest absolute Gasteiger partial charge is 0.157 e. The largest absolute Gasteiger partial charge is 0.398 e. The molecule has 178 valence electrons. The van der Waals surface area contributed by atoms with Gasteiger partial charge in [-0.05, 0) is 74.0 Å². The van der Waals surface area contributed by atoms with Crippen molar-refractivity contribution in [2.24, 2.45) is 5.92 Å². The number of nitrogens with one attached hydrogen (secondary N) is 2. The van der Waals surface area contributed by atoms with Gasteiger partial charge >= 0.3 is 0 Å². The number of rotatable bonds is 9. The fourth-order valence-corrected chi connectivity index (χ4v) is 4.89. The summed E-state index contributed by atoms with van der Waals surface area (Å²) in [6.07, 6.45) is 8.40. The summed E-state index contributed by atoms with van der Waals surface area (Å²) in [6.45, 7) is 8.99. The van der Waals surface area contributed by atoms with Gasteiger partial charge in [0, 0.05) is 29.4 Å². The summed E-state index contributed by atoms with van der Waals surface area (Å²) in [5.74, 6) is 0.143. The van der Waals surface area contributed by atoms with E-state index in [2.05, 4.69) is 62.5 Å². The third-order valence-electron chi connectivity index (χ3n) is 6.71. The molecule has 5 heteroatoms. The van der Waals surface area contributed by atoms with Crippen LogP contribution in [-0.4, -0.2) is 23.9 Å². The number of hydrogen-bond acceptors (Lipinski definition) is 3. The normalized spacial score (nSPS) is 15.9. The summed E-state index contributed by atoms with van der Waals surface area (Å²) >= 11 is 0. The Hall–Kier alpha value is -3.18. The van der Waals surface area contributed by atoms with Crippen LogP contribution >= 0.6 is 0 Å². The molecule has 1 heterocycles. The van der Waals surface area contributed by atoms with Gasteiger partial charge in [-0.25, -0.2) is 4.39 Å². The highest BCUT2D eigenvalue weighted by atomic mass is 19.1. The van der Waals surface area contributed by atoms with E-state index in [0.29, 0.717) is 34.8 Å². The van der Waals surface area contributed by atoms with Crippen LogP contribution in [0.5, 0.6) is 0 Å². The number of allylic oxidation sites excluding steroid dienone is 4. The van der Waals surface area contributed by atoms with Crippen molar-refractivity contribution in [1.82, 2.24) is 9.88 Å². The number of nitrogens with two attached hydrogens (primary N) is 1. The summed E-state index contributed by atoms with van der Waals surface area (Å²) in [5.41, 5.74) is 12.8. The minimum atomic E-state index is -0.298. The highest BCUT2D eigenvalue weighted by molar-refractivity contribution is 6.05. The number of anilines is 1. The van der Waals surface area contributed by atoms with Crippen LogP contribution in [0.2, 0.25) is 0 Å². The molecule has 4 N–H and O–H groups in total. The van der Waals surface area contributed by atoms with Crippen molar-refractivity contribution in [2.75, 3.05) is 18.8 Å². The Morgan fingerprint density at radius 2 is 1.88 bits per heavy atom. The van der Waals surface area contributed by atoms with Crippen LogP contribution in [0.1, 0.15) is 56.0 Å². The van der Waals surface area contributed by atoms with Crippen LogP contribution in [0.3, 0.4) is 0 Å². The van der Waals surface area contributed by atoms with Crippen LogP contribution in [0.25, 0.3) is 16.5 Å². The SMILES string of the molecule is CCCNCCc1ccc(Cn2c(C3=C(C)CC(C)C=C3)c(F)c3c(C=N)c(N)ccc32)cc1. The Morgan fingerprint density at radius 1 is 1.15 bits per heavy atom. The number of benzene rings is 2. The van der Waals surface area contributed by atoms with Crippen molar-refractivity contribution >= 4 is 28.4 Å². The van der Waals surface area contributed by atoms with E-state index in [1.807, 2.05) is 10.6 Å². The Bertz CT molecular complexity index is 1250. The van der Waals surface area contributed by atoms with Crippen molar-refractivity contribution in [3.05, 3.63) is 82.3 Å². The van der Waals surface area contributed by atoms with Crippen LogP contribution in [-0.2, 0) is 13.0 Å². The van der Waals surface area contributed by atoms with E-state index in [9.17, 15) is 0 Å². The lowest BCUT2D eigenvalue weighted by Gasteiger charge is -2.19. The number of halogens is 1. The molecule has 0 amide bonds. The van der Waals surface area contributed by atoms with Crippen molar-refractivity contribution in [1.29, 1.82) is 5.41 Å². The number of hydrogen-bond donors (Lipinski definition) is 3. The molecule has 4 nitrogen and oxygen atoms in total. The van der Waals surface area contributed by atoms with E-state index in [1.54, 1.807) is 6.07 Å². The van der Waals surface area contributed by atoms with E-state index in [1.165, 1.54) is 11.1 Å². The molecule has 2 aromatic carbocycles. The summed E-state index contributed by atoms with van der Waals surface area (Å²) in [5, 5.41) is 11.7. The minimum Gasteiger partial charge on any atom is -0.398 e. The van der Waals surface area contributed by atoms with Gasteiger partial charge in [0.05, 0.1) is 11.2 Å². The highest BCUT2D eigenvalue weighted by Crippen LogP contribution is 2.38. The lowest BCUT2D eigenvalue weighted by molar-refractivity contribution is 0.621. The average molecular weight is 459 g/mol. The average Bonchev–Trinajstić information content (AvgIpc) is 3.09. The van der Waals surface area contributed by atoms with Gasteiger partial charge in [0.25, 0.3) is 0 Å². The maximum absolute atomic E-state index is 16.1. The van der Waals surface area contributed by atoms with Crippen molar-refractivity contribution in [2.45, 2.75) is 46.6 Å². The zero-order chi connectivity index (χ0) is 24.2. The van der Waals surface area contributed by atoms with Crippen LogP contribution in [0.15, 0.2) is 54.1 Å². The fraction of sp³-hybridized carbons (Fsp3) is 0.345. The number of nitrogen functional groups attached to an aromatic ring is 1. The topological polar surface area (TPSA) is 66.8 Å². The van der Waals surface area contributed by atoms with Gasteiger partial charge in [0.2, 0.25) is 0 Å². The zero-order valence-electron chi connectivity index (χ0n) is 20.4. The molecule has 1 atom stereocenters. The van der Waals surface area contributed by atoms with E-state index in [0.717, 1.165) is 55.2 Å². The second-order valence-corrected chi connectivity index (χ2v) is 9.41. The van der Waals surface area contributed by atoms with Crippen molar-refractivity contribution in [3.63, 3.8) is 0 Å². The highest BCUT2D eigenvalue weighted by Gasteiger charge is 2.25. The zero-order valence-corrected chi connectivity index (χ0v) is 20.4. The van der Waals surface area contributed by atoms with Crippen LogP contribution < -0.4 is 11.1 Å². The number of aromatic nitrogens is 1. The first-order chi connectivity index (χ1) is 16.4. The third-order valence-corrected chi connectivity index (χ3v) is 6.71. The minimum absolute atomic E-state index is 0.298. The Kier molecular flexibility index (Phi) is 7.32. The van der Waals surface area contributed by atoms with Gasteiger partial charge in [0.15, 0.2) is 5.82 Å². The lowest BCUT2D eigenvalue weighted by atomic mass is 9.90. The first-order valence-electron chi connectivity index (χ1n) is 12.2. The van der Waals surface area contributed by atoms with Gasteiger partial charge < -0.3 is 21.0 Å². The maximum Gasteiger partial charge on any atom is 0.157 e. The van der Waals surface area contributed by atoms with E-state index >= 15 is 4.39 Å². The van der Waals surface area contributed by atoms with E-state index in [4.69, 9.17) is 11.1 Å². The molecule has 0 bridgehead atoms. The van der Waals surface area contributed by atoms with Gasteiger partial charge in [-0.3, -0.25) is 0 Å². The number of nitrogens with zero attached hydrogens (tertiary/aromatic N) is 1. The monoisotopic (exact) mass is 458 g/mol. The molecule has 1 unspecified atom stereocenters. The van der Waals surface area contributed by atoms with E-state index < -0.39 is 0 Å². The maximum atomic E-state index is 16.1. The lowest BCUT2D eigenvalue weighted by Crippen LogP contribution is -2.17. The van der Waals surface area contributed by atoms with Crippen LogP contribution in [0, 0.1) is 17.1 Å². The molecule has 1 aromatic heterocycles. The summed E-state index contributed by atoms with van der Waals surface area (Å²) in [6, 6.07) is 12.3. The quantitative estimate of drug-likeness (QED) is 0.200. The first kappa shape index (κ1) is 24.0.